The van der Waals surface area contributed by atoms with Gasteiger partial charge in [0.15, 0.2) is 0 Å². The first-order valence-corrected chi connectivity index (χ1v) is 7.05. The summed E-state index contributed by atoms with van der Waals surface area (Å²) >= 11 is 0. The predicted octanol–water partition coefficient (Wildman–Crippen LogP) is 3.66. The molecule has 3 heteroatoms. The van der Waals surface area contributed by atoms with Crippen LogP contribution in [0.5, 0.6) is 11.5 Å². The van der Waals surface area contributed by atoms with Crippen LogP contribution in [0.1, 0.15) is 37.7 Å². The van der Waals surface area contributed by atoms with Crippen LogP contribution in [-0.4, -0.2) is 20.0 Å². The van der Waals surface area contributed by atoms with E-state index in [2.05, 4.69) is 6.58 Å². The summed E-state index contributed by atoms with van der Waals surface area (Å²) in [6.07, 6.45) is 5.91. The Morgan fingerprint density at radius 1 is 1.25 bits per heavy atom. The average molecular weight is 274 g/mol. The van der Waals surface area contributed by atoms with Gasteiger partial charge in [-0.1, -0.05) is 18.6 Å². The number of hydrogen-bond acceptors (Lipinski definition) is 3. The highest BCUT2D eigenvalue weighted by molar-refractivity contribution is 5.92. The normalized spacial score (nSPS) is 22.4. The van der Waals surface area contributed by atoms with Gasteiger partial charge in [-0.25, -0.2) is 0 Å². The minimum absolute atomic E-state index is 0.270. The van der Waals surface area contributed by atoms with Gasteiger partial charge in [-0.3, -0.25) is 4.79 Å². The van der Waals surface area contributed by atoms with Crippen LogP contribution in [0, 0.1) is 0 Å². The van der Waals surface area contributed by atoms with Crippen LogP contribution in [0.25, 0.3) is 0 Å². The number of carbonyl (C=O) groups is 1. The molecule has 0 aliphatic heterocycles. The van der Waals surface area contributed by atoms with Crippen LogP contribution in [0.2, 0.25) is 0 Å². The summed E-state index contributed by atoms with van der Waals surface area (Å²) in [5.74, 6) is 1.72. The van der Waals surface area contributed by atoms with E-state index in [9.17, 15) is 4.79 Å². The molecule has 1 atom stereocenters. The van der Waals surface area contributed by atoms with Gasteiger partial charge < -0.3 is 9.47 Å². The summed E-state index contributed by atoms with van der Waals surface area (Å²) in [6, 6.07) is 5.67. The van der Waals surface area contributed by atoms with Crippen LogP contribution in [0.4, 0.5) is 0 Å². The van der Waals surface area contributed by atoms with Crippen LogP contribution in [-0.2, 0) is 10.2 Å². The topological polar surface area (TPSA) is 35.5 Å². The predicted molar refractivity (Wildman–Crippen MR) is 79.5 cm³/mol. The van der Waals surface area contributed by atoms with Gasteiger partial charge in [0.2, 0.25) is 0 Å². The van der Waals surface area contributed by atoms with Gasteiger partial charge in [-0.2, -0.15) is 0 Å². The number of methoxy groups -OCH3 is 2. The SMILES string of the molecule is C=CC[C@]1(c2c(OC)cccc2OC)CCCCC1=O. The summed E-state index contributed by atoms with van der Waals surface area (Å²) in [5.41, 5.74) is 0.340. The quantitative estimate of drug-likeness (QED) is 0.769. The van der Waals surface area contributed by atoms with Gasteiger partial charge in [0.1, 0.15) is 17.3 Å². The maximum absolute atomic E-state index is 12.7. The van der Waals surface area contributed by atoms with E-state index >= 15 is 0 Å². The monoisotopic (exact) mass is 274 g/mol. The van der Waals surface area contributed by atoms with Gasteiger partial charge in [-0.05, 0) is 31.4 Å². The van der Waals surface area contributed by atoms with Crippen molar-refractivity contribution < 1.29 is 14.3 Å². The third-order valence-electron chi connectivity index (χ3n) is 4.19. The highest BCUT2D eigenvalue weighted by Crippen LogP contribution is 2.47. The van der Waals surface area contributed by atoms with E-state index in [1.54, 1.807) is 14.2 Å². The number of rotatable bonds is 5. The lowest BCUT2D eigenvalue weighted by molar-refractivity contribution is -0.126. The van der Waals surface area contributed by atoms with Crippen LogP contribution < -0.4 is 9.47 Å². The molecule has 0 spiro atoms. The molecule has 1 fully saturated rings. The molecule has 0 bridgehead atoms. The molecular weight excluding hydrogens is 252 g/mol. The largest absolute Gasteiger partial charge is 0.496 e. The Hall–Kier alpha value is -1.77. The number of hydrogen-bond donors (Lipinski definition) is 0. The van der Waals surface area contributed by atoms with Gasteiger partial charge in [0, 0.05) is 12.0 Å². The number of ether oxygens (including phenoxy) is 2. The molecule has 0 aromatic heterocycles. The molecule has 2 rings (SSSR count). The van der Waals surface area contributed by atoms with Gasteiger partial charge >= 0.3 is 0 Å². The molecule has 0 heterocycles. The van der Waals surface area contributed by atoms with E-state index < -0.39 is 5.41 Å². The number of ketones is 1. The van der Waals surface area contributed by atoms with Crippen molar-refractivity contribution in [3.63, 3.8) is 0 Å². The first-order chi connectivity index (χ1) is 9.69. The molecule has 1 aliphatic rings. The van der Waals surface area contributed by atoms with Crippen molar-refractivity contribution in [1.29, 1.82) is 0 Å². The van der Waals surface area contributed by atoms with Crippen LogP contribution in [0.3, 0.4) is 0 Å². The van der Waals surface area contributed by atoms with E-state index in [1.165, 1.54) is 0 Å². The first kappa shape index (κ1) is 14.6. The second kappa shape index (κ2) is 6.12. The molecule has 108 valence electrons. The summed E-state index contributed by atoms with van der Waals surface area (Å²) in [5, 5.41) is 0. The number of allylic oxidation sites excluding steroid dienone is 1. The third kappa shape index (κ3) is 2.33. The van der Waals surface area contributed by atoms with Crippen molar-refractivity contribution in [2.75, 3.05) is 14.2 Å². The fourth-order valence-corrected chi connectivity index (χ4v) is 3.24. The highest BCUT2D eigenvalue weighted by Gasteiger charge is 2.44. The lowest BCUT2D eigenvalue weighted by Crippen LogP contribution is -2.39. The van der Waals surface area contributed by atoms with E-state index in [0.717, 1.165) is 36.3 Å². The van der Waals surface area contributed by atoms with Crippen molar-refractivity contribution in [3.8, 4) is 11.5 Å². The van der Waals surface area contributed by atoms with Crippen molar-refractivity contribution in [2.24, 2.45) is 0 Å². The van der Waals surface area contributed by atoms with E-state index in [1.807, 2.05) is 24.3 Å². The Labute approximate surface area is 120 Å². The third-order valence-corrected chi connectivity index (χ3v) is 4.19. The summed E-state index contributed by atoms with van der Waals surface area (Å²) in [7, 11) is 3.26. The Kier molecular flexibility index (Phi) is 4.48. The fraction of sp³-hybridized carbons (Fsp3) is 0.471. The smallest absolute Gasteiger partial charge is 0.144 e. The lowest BCUT2D eigenvalue weighted by atomic mass is 9.66. The second-order valence-corrected chi connectivity index (χ2v) is 5.24. The molecule has 0 unspecified atom stereocenters. The Balaban J connectivity index is 2.64. The van der Waals surface area contributed by atoms with Crippen LogP contribution >= 0.6 is 0 Å². The minimum Gasteiger partial charge on any atom is -0.496 e. The standard InChI is InChI=1S/C17H22O3/c1-4-11-17(12-6-5-10-15(17)18)16-13(19-2)8-7-9-14(16)20-3/h4,7-9H,1,5-6,10-12H2,2-3H3/t17-/m0/s1. The molecule has 1 aliphatic carbocycles. The number of Topliss-reactive ketones (excluding diaryl/α,β-unsaturated/α-hetero) is 1. The molecule has 1 saturated carbocycles. The van der Waals surface area contributed by atoms with E-state index in [-0.39, 0.29) is 5.78 Å². The molecular formula is C17H22O3. The summed E-state index contributed by atoms with van der Waals surface area (Å²) in [4.78, 5) is 12.7. The molecule has 1 aromatic carbocycles. The zero-order valence-corrected chi connectivity index (χ0v) is 12.3. The average Bonchev–Trinajstić information content (AvgIpc) is 2.49. The van der Waals surface area contributed by atoms with Gasteiger partial charge in [0.05, 0.1) is 19.6 Å². The molecule has 0 saturated heterocycles. The minimum atomic E-state index is -0.544. The van der Waals surface area contributed by atoms with E-state index in [4.69, 9.17) is 9.47 Å². The molecule has 3 nitrogen and oxygen atoms in total. The number of carbonyl (C=O) groups excluding carboxylic acids is 1. The highest BCUT2D eigenvalue weighted by atomic mass is 16.5. The van der Waals surface area contributed by atoms with Crippen LogP contribution in [0.15, 0.2) is 30.9 Å². The van der Waals surface area contributed by atoms with Gasteiger partial charge in [0.25, 0.3) is 0 Å². The molecule has 0 N–H and O–H groups in total. The lowest BCUT2D eigenvalue weighted by Gasteiger charge is -2.37. The molecule has 0 amide bonds. The Morgan fingerprint density at radius 2 is 1.90 bits per heavy atom. The Morgan fingerprint density at radius 3 is 2.40 bits per heavy atom. The van der Waals surface area contributed by atoms with Crippen molar-refractivity contribution in [1.82, 2.24) is 0 Å². The number of benzene rings is 1. The maximum atomic E-state index is 12.7. The molecule has 0 radical (unpaired) electrons. The summed E-state index contributed by atoms with van der Waals surface area (Å²) in [6.45, 7) is 3.84. The van der Waals surface area contributed by atoms with Crippen molar-refractivity contribution in [2.45, 2.75) is 37.5 Å². The van der Waals surface area contributed by atoms with Gasteiger partial charge in [-0.15, -0.1) is 6.58 Å². The molecule has 20 heavy (non-hydrogen) atoms. The van der Waals surface area contributed by atoms with Crippen molar-refractivity contribution >= 4 is 5.78 Å². The maximum Gasteiger partial charge on any atom is 0.144 e. The van der Waals surface area contributed by atoms with Crippen molar-refractivity contribution in [3.05, 3.63) is 36.4 Å². The second-order valence-electron chi connectivity index (χ2n) is 5.24. The zero-order valence-electron chi connectivity index (χ0n) is 12.3. The first-order valence-electron chi connectivity index (χ1n) is 7.05. The fourth-order valence-electron chi connectivity index (χ4n) is 3.24. The summed E-state index contributed by atoms with van der Waals surface area (Å²) < 4.78 is 11.0. The zero-order chi connectivity index (χ0) is 14.6. The van der Waals surface area contributed by atoms with E-state index in [0.29, 0.717) is 12.8 Å². The molecule has 1 aromatic rings. The Bertz CT molecular complexity index is 485.